The molecular formula is C25H22FN5O7S. The molecule has 2 atom stereocenters. The minimum Gasteiger partial charge on any atom is -0.494 e. The Morgan fingerprint density at radius 1 is 1.10 bits per heavy atom. The van der Waals surface area contributed by atoms with Gasteiger partial charge in [-0.15, -0.1) is 0 Å². The van der Waals surface area contributed by atoms with E-state index >= 15 is 0 Å². The third-order valence-electron chi connectivity index (χ3n) is 5.49. The molecule has 1 aromatic heterocycles. The van der Waals surface area contributed by atoms with Crippen LogP contribution < -0.4 is 21.9 Å². The van der Waals surface area contributed by atoms with Crippen LogP contribution >= 0.6 is 11.8 Å². The number of esters is 1. The van der Waals surface area contributed by atoms with Crippen molar-refractivity contribution in [1.82, 2.24) is 15.3 Å². The molecule has 4 rings (SSSR count). The minimum atomic E-state index is -1.22. The van der Waals surface area contributed by atoms with Gasteiger partial charge in [0.1, 0.15) is 22.7 Å². The van der Waals surface area contributed by atoms with Crippen LogP contribution in [0.5, 0.6) is 5.88 Å². The van der Waals surface area contributed by atoms with Crippen molar-refractivity contribution in [2.24, 2.45) is 4.99 Å². The van der Waals surface area contributed by atoms with E-state index in [2.05, 4.69) is 20.6 Å². The molecule has 5 N–H and O–H groups in total. The summed E-state index contributed by atoms with van der Waals surface area (Å²) in [6.07, 6.45) is -0.221. The second-order valence-corrected chi connectivity index (χ2v) is 9.40. The Balaban J connectivity index is 1.51. The van der Waals surface area contributed by atoms with Gasteiger partial charge in [0, 0.05) is 12.1 Å². The summed E-state index contributed by atoms with van der Waals surface area (Å²) in [6.45, 7) is 1.92. The zero-order valence-corrected chi connectivity index (χ0v) is 21.1. The van der Waals surface area contributed by atoms with Gasteiger partial charge in [0.2, 0.25) is 17.7 Å². The van der Waals surface area contributed by atoms with Gasteiger partial charge in [0.15, 0.2) is 5.17 Å². The Bertz CT molecular complexity index is 1550. The molecule has 2 aromatic carbocycles. The summed E-state index contributed by atoms with van der Waals surface area (Å²) < 4.78 is 18.4. The van der Waals surface area contributed by atoms with Gasteiger partial charge in [0.25, 0.3) is 5.56 Å². The molecule has 12 nitrogen and oxygen atoms in total. The molecule has 0 bridgehead atoms. The number of nitrogens with zero attached hydrogens (tertiary/aromatic N) is 1. The lowest BCUT2D eigenvalue weighted by Crippen LogP contribution is -2.29. The number of aromatic hydroxyl groups is 1. The van der Waals surface area contributed by atoms with Crippen LogP contribution in [0.1, 0.15) is 40.9 Å². The summed E-state index contributed by atoms with van der Waals surface area (Å²) in [5, 5.41) is 14.7. The van der Waals surface area contributed by atoms with Crippen LogP contribution in [-0.4, -0.2) is 49.9 Å². The molecule has 1 fully saturated rings. The predicted octanol–water partition coefficient (Wildman–Crippen LogP) is 1.79. The Hall–Kier alpha value is -4.72. The van der Waals surface area contributed by atoms with Crippen molar-refractivity contribution >= 4 is 40.4 Å². The van der Waals surface area contributed by atoms with E-state index in [4.69, 9.17) is 4.74 Å². The lowest BCUT2D eigenvalue weighted by atomic mass is 10.0. The summed E-state index contributed by atoms with van der Waals surface area (Å²) >= 11 is 0.933. The van der Waals surface area contributed by atoms with E-state index in [-0.39, 0.29) is 23.8 Å². The molecule has 0 spiro atoms. The van der Waals surface area contributed by atoms with Crippen molar-refractivity contribution in [2.75, 3.05) is 11.9 Å². The third-order valence-corrected chi connectivity index (χ3v) is 6.59. The summed E-state index contributed by atoms with van der Waals surface area (Å²) in [4.78, 5) is 69.4. The summed E-state index contributed by atoms with van der Waals surface area (Å²) in [7, 11) is 0. The highest BCUT2D eigenvalue weighted by Gasteiger charge is 2.34. The number of carbonyl (C=O) groups is 3. The van der Waals surface area contributed by atoms with Crippen molar-refractivity contribution in [3.05, 3.63) is 91.9 Å². The number of hydrogen-bond acceptors (Lipinski definition) is 9. The first-order valence-corrected chi connectivity index (χ1v) is 12.5. The quantitative estimate of drug-likeness (QED) is 0.261. The number of benzene rings is 2. The first kappa shape index (κ1) is 27.3. The fourth-order valence-corrected chi connectivity index (χ4v) is 4.69. The SMILES string of the molecule is CCOC(=O)c1ccc(NC(=O)C[C@@H]2SC(=N[C@@H](c3ccc(F)cc3)c3c(O)[nH]c(=O)[nH]c3=O)NC2=O)cc1. The maximum Gasteiger partial charge on any atom is 0.338 e. The molecule has 3 aromatic rings. The van der Waals surface area contributed by atoms with Crippen LogP contribution in [0.4, 0.5) is 10.1 Å². The van der Waals surface area contributed by atoms with Crippen molar-refractivity contribution in [3.8, 4) is 5.88 Å². The maximum atomic E-state index is 13.5. The molecule has 0 radical (unpaired) electrons. The number of amides is 2. The first-order valence-electron chi connectivity index (χ1n) is 11.6. The fraction of sp³-hybridized carbons (Fsp3) is 0.200. The van der Waals surface area contributed by atoms with E-state index < -0.39 is 52.0 Å². The van der Waals surface area contributed by atoms with E-state index in [1.54, 1.807) is 6.92 Å². The van der Waals surface area contributed by atoms with Crippen LogP contribution in [0.15, 0.2) is 63.1 Å². The highest BCUT2D eigenvalue weighted by molar-refractivity contribution is 8.15. The lowest BCUT2D eigenvalue weighted by molar-refractivity contribution is -0.122. The molecule has 1 aliphatic heterocycles. The molecule has 2 amide bonds. The molecular weight excluding hydrogens is 533 g/mol. The fourth-order valence-electron chi connectivity index (χ4n) is 3.69. The van der Waals surface area contributed by atoms with Crippen LogP contribution in [0.25, 0.3) is 0 Å². The van der Waals surface area contributed by atoms with Gasteiger partial charge in [-0.3, -0.25) is 24.4 Å². The largest absolute Gasteiger partial charge is 0.494 e. The summed E-state index contributed by atoms with van der Waals surface area (Å²) in [5.41, 5.74) is -1.15. The van der Waals surface area contributed by atoms with Crippen molar-refractivity contribution in [1.29, 1.82) is 0 Å². The first-order chi connectivity index (χ1) is 18.6. The standard InChI is InChI=1S/C25H22FN5O7S/c1-2-38-23(36)13-5-9-15(10-6-13)27-17(32)11-16-20(33)31-25(39-16)28-19(12-3-7-14(26)8-4-12)18-21(34)29-24(37)30-22(18)35/h3-10,16,19H,2,11H2,1H3,(H,27,32)(H,28,31,33)(H3,29,30,34,35,37)/t16-,19-/m0/s1. The number of thioether (sulfide) groups is 1. The average Bonchev–Trinajstić information content (AvgIpc) is 3.22. The van der Waals surface area contributed by atoms with Gasteiger partial charge < -0.3 is 20.5 Å². The Labute approximate surface area is 223 Å². The number of aromatic nitrogens is 2. The van der Waals surface area contributed by atoms with E-state index in [0.29, 0.717) is 16.8 Å². The van der Waals surface area contributed by atoms with E-state index in [0.717, 1.165) is 23.9 Å². The van der Waals surface area contributed by atoms with Crippen LogP contribution in [0, 0.1) is 5.82 Å². The topological polar surface area (TPSA) is 183 Å². The smallest absolute Gasteiger partial charge is 0.338 e. The number of carbonyl (C=O) groups excluding carboxylic acids is 3. The highest BCUT2D eigenvalue weighted by Crippen LogP contribution is 2.32. The van der Waals surface area contributed by atoms with Crippen molar-refractivity contribution in [2.45, 2.75) is 24.6 Å². The number of H-pyrrole nitrogens is 2. The minimum absolute atomic E-state index is 0.0518. The number of halogens is 1. The van der Waals surface area contributed by atoms with Gasteiger partial charge in [-0.05, 0) is 48.9 Å². The Kier molecular flexibility index (Phi) is 8.24. The number of aliphatic imine (C=N–C) groups is 1. The average molecular weight is 556 g/mol. The molecule has 0 unspecified atom stereocenters. The maximum absolute atomic E-state index is 13.5. The number of nitrogens with one attached hydrogen (secondary N) is 4. The van der Waals surface area contributed by atoms with Crippen LogP contribution in [0.3, 0.4) is 0 Å². The molecule has 0 aliphatic carbocycles. The van der Waals surface area contributed by atoms with E-state index in [1.165, 1.54) is 36.4 Å². The molecule has 2 heterocycles. The van der Waals surface area contributed by atoms with E-state index in [1.807, 2.05) is 4.98 Å². The molecule has 0 saturated carbocycles. The third kappa shape index (κ3) is 6.59. The molecule has 1 saturated heterocycles. The highest BCUT2D eigenvalue weighted by atomic mass is 32.2. The normalized spacial score (nSPS) is 16.5. The molecule has 202 valence electrons. The van der Waals surface area contributed by atoms with E-state index in [9.17, 15) is 33.5 Å². The number of amidine groups is 1. The van der Waals surface area contributed by atoms with Gasteiger partial charge in [-0.2, -0.15) is 0 Å². The monoisotopic (exact) mass is 555 g/mol. The zero-order valence-electron chi connectivity index (χ0n) is 20.3. The van der Waals surface area contributed by atoms with Crippen molar-refractivity contribution < 1.29 is 28.6 Å². The molecule has 39 heavy (non-hydrogen) atoms. The number of rotatable bonds is 8. The van der Waals surface area contributed by atoms with Gasteiger partial charge in [-0.25, -0.2) is 19.0 Å². The van der Waals surface area contributed by atoms with Gasteiger partial charge in [-0.1, -0.05) is 23.9 Å². The second-order valence-electron chi connectivity index (χ2n) is 8.20. The number of hydrogen-bond donors (Lipinski definition) is 5. The molecule has 1 aliphatic rings. The number of aromatic amines is 2. The van der Waals surface area contributed by atoms with Gasteiger partial charge >= 0.3 is 11.7 Å². The van der Waals surface area contributed by atoms with Crippen molar-refractivity contribution in [3.63, 3.8) is 0 Å². The second kappa shape index (κ2) is 11.8. The predicted molar refractivity (Wildman–Crippen MR) is 140 cm³/mol. The lowest BCUT2D eigenvalue weighted by Gasteiger charge is -2.14. The van der Waals surface area contributed by atoms with Crippen LogP contribution in [0.2, 0.25) is 0 Å². The number of anilines is 1. The summed E-state index contributed by atoms with van der Waals surface area (Å²) in [6, 6.07) is 9.78. The van der Waals surface area contributed by atoms with Gasteiger partial charge in [0.05, 0.1) is 12.2 Å². The zero-order chi connectivity index (χ0) is 28.1. The molecule has 14 heteroatoms. The Morgan fingerprint density at radius 2 is 1.79 bits per heavy atom. The Morgan fingerprint density at radius 3 is 2.44 bits per heavy atom. The number of ether oxygens (including phenoxy) is 1. The van der Waals surface area contributed by atoms with Crippen LogP contribution in [-0.2, 0) is 14.3 Å². The summed E-state index contributed by atoms with van der Waals surface area (Å²) in [5.74, 6) is -2.75.